The smallest absolute Gasteiger partial charge is 0.320 e. The molecule has 1 saturated carbocycles. The molecule has 7 nitrogen and oxygen atoms in total. The lowest BCUT2D eigenvalue weighted by atomic mass is 9.75. The molecule has 2 aliphatic rings. The molecule has 1 aliphatic heterocycles. The molecule has 7 heteroatoms. The first-order valence-electron chi connectivity index (χ1n) is 10.2. The van der Waals surface area contributed by atoms with Crippen molar-refractivity contribution >= 4 is 23.6 Å². The topological polar surface area (TPSA) is 105 Å². The summed E-state index contributed by atoms with van der Waals surface area (Å²) in [5.41, 5.74) is 0.757. The average Bonchev–Trinajstić information content (AvgIpc) is 2.90. The second kappa shape index (κ2) is 10.1. The number of Topliss-reactive ketones (excluding diaryl/α,β-unsaturated/α-hetero) is 1. The quantitative estimate of drug-likeness (QED) is 0.554. The molecule has 0 N–H and O–H groups in total. The number of fused-ring (bicyclic) bond motifs is 1. The number of hydrogen-bond donors (Lipinski definition) is 0. The van der Waals surface area contributed by atoms with Crippen LogP contribution in [0.2, 0.25) is 0 Å². The van der Waals surface area contributed by atoms with Crippen molar-refractivity contribution in [1.29, 1.82) is 5.26 Å². The van der Waals surface area contributed by atoms with E-state index in [1.165, 1.54) is 6.92 Å². The van der Waals surface area contributed by atoms with Crippen molar-refractivity contribution in [2.24, 2.45) is 17.8 Å². The third-order valence-electron chi connectivity index (χ3n) is 5.42. The zero-order valence-electron chi connectivity index (χ0n) is 17.9. The van der Waals surface area contributed by atoms with Crippen LogP contribution in [0.3, 0.4) is 0 Å². The molecule has 0 spiro atoms. The minimum absolute atomic E-state index is 0.00190. The summed E-state index contributed by atoms with van der Waals surface area (Å²) in [6.07, 6.45) is 2.08. The second-order valence-electron chi connectivity index (χ2n) is 8.26. The Balaban J connectivity index is 0.000000214. The van der Waals surface area contributed by atoms with Crippen LogP contribution in [0.5, 0.6) is 0 Å². The molecule has 160 valence electrons. The number of amides is 2. The molecular formula is C23H28N2O5. The summed E-state index contributed by atoms with van der Waals surface area (Å²) in [7, 11) is 0. The third kappa shape index (κ3) is 5.53. The van der Waals surface area contributed by atoms with E-state index in [2.05, 4.69) is 20.8 Å². The molecule has 2 unspecified atom stereocenters. The van der Waals surface area contributed by atoms with Gasteiger partial charge in [-0.1, -0.05) is 32.9 Å². The van der Waals surface area contributed by atoms with Gasteiger partial charge < -0.3 is 4.74 Å². The summed E-state index contributed by atoms with van der Waals surface area (Å²) in [6, 6.07) is 8.40. The molecule has 0 radical (unpaired) electrons. The number of benzene rings is 1. The number of esters is 1. The van der Waals surface area contributed by atoms with E-state index in [9.17, 15) is 19.2 Å². The molecular weight excluding hydrogens is 384 g/mol. The molecule has 1 heterocycles. The lowest BCUT2D eigenvalue weighted by Gasteiger charge is -2.37. The van der Waals surface area contributed by atoms with Crippen LogP contribution >= 0.6 is 0 Å². The number of hydrogen-bond acceptors (Lipinski definition) is 6. The van der Waals surface area contributed by atoms with E-state index in [1.807, 2.05) is 6.07 Å². The Kier molecular flexibility index (Phi) is 7.87. The lowest BCUT2D eigenvalue weighted by Crippen LogP contribution is -2.37. The van der Waals surface area contributed by atoms with E-state index in [0.717, 1.165) is 17.7 Å². The first-order valence-corrected chi connectivity index (χ1v) is 10.2. The minimum Gasteiger partial charge on any atom is -0.461 e. The monoisotopic (exact) mass is 412 g/mol. The van der Waals surface area contributed by atoms with Gasteiger partial charge in [-0.2, -0.15) is 5.26 Å². The Labute approximate surface area is 177 Å². The van der Waals surface area contributed by atoms with Crippen molar-refractivity contribution in [2.75, 3.05) is 6.54 Å². The van der Waals surface area contributed by atoms with E-state index >= 15 is 0 Å². The molecule has 0 saturated heterocycles. The zero-order valence-corrected chi connectivity index (χ0v) is 17.9. The average molecular weight is 412 g/mol. The number of carbonyl (C=O) groups excluding carboxylic acids is 4. The van der Waals surface area contributed by atoms with Crippen LogP contribution in [0.4, 0.5) is 0 Å². The van der Waals surface area contributed by atoms with E-state index in [-0.39, 0.29) is 42.6 Å². The van der Waals surface area contributed by atoms with Gasteiger partial charge in [0.15, 0.2) is 0 Å². The number of ether oxygens (including phenoxy) is 1. The summed E-state index contributed by atoms with van der Waals surface area (Å²) < 4.78 is 5.34. The van der Waals surface area contributed by atoms with Crippen molar-refractivity contribution in [3.05, 3.63) is 35.4 Å². The highest BCUT2D eigenvalue weighted by Crippen LogP contribution is 2.35. The fourth-order valence-corrected chi connectivity index (χ4v) is 4.29. The number of carbonyl (C=O) groups is 4. The zero-order chi connectivity index (χ0) is 22.4. The first-order chi connectivity index (χ1) is 14.1. The highest BCUT2D eigenvalue weighted by Gasteiger charge is 2.35. The van der Waals surface area contributed by atoms with Gasteiger partial charge >= 0.3 is 5.97 Å². The highest BCUT2D eigenvalue weighted by atomic mass is 16.5. The van der Waals surface area contributed by atoms with Gasteiger partial charge in [-0.05, 0) is 49.7 Å². The van der Waals surface area contributed by atoms with Gasteiger partial charge in [0.05, 0.1) is 23.7 Å². The van der Waals surface area contributed by atoms with Gasteiger partial charge in [-0.3, -0.25) is 24.1 Å². The fraction of sp³-hybridized carbons (Fsp3) is 0.522. The highest BCUT2D eigenvalue weighted by molar-refractivity contribution is 6.22. The summed E-state index contributed by atoms with van der Waals surface area (Å²) in [5, 5.41) is 8.39. The van der Waals surface area contributed by atoms with Crippen molar-refractivity contribution in [2.45, 2.75) is 53.1 Å². The van der Waals surface area contributed by atoms with Crippen LogP contribution in [0.25, 0.3) is 0 Å². The minimum atomic E-state index is -0.384. The molecule has 1 aromatic rings. The molecule has 0 aromatic heterocycles. The first kappa shape index (κ1) is 23.3. The number of nitriles is 1. The summed E-state index contributed by atoms with van der Waals surface area (Å²) in [4.78, 5) is 46.5. The summed E-state index contributed by atoms with van der Waals surface area (Å²) in [6.45, 7) is 7.68. The van der Waals surface area contributed by atoms with Crippen LogP contribution < -0.4 is 0 Å². The molecule has 2 atom stereocenters. The van der Waals surface area contributed by atoms with Gasteiger partial charge in [0.2, 0.25) is 0 Å². The van der Waals surface area contributed by atoms with E-state index < -0.39 is 0 Å². The van der Waals surface area contributed by atoms with Crippen molar-refractivity contribution in [3.8, 4) is 6.07 Å². The number of ketones is 1. The Morgan fingerprint density at radius 2 is 1.57 bits per heavy atom. The van der Waals surface area contributed by atoms with Crippen LogP contribution in [0.15, 0.2) is 24.3 Å². The van der Waals surface area contributed by atoms with Gasteiger partial charge in [-0.25, -0.2) is 0 Å². The van der Waals surface area contributed by atoms with Gasteiger partial charge in [0.1, 0.15) is 18.3 Å². The van der Waals surface area contributed by atoms with Gasteiger partial charge in [0.25, 0.3) is 11.8 Å². The maximum atomic E-state index is 11.7. The molecule has 2 amide bonds. The molecule has 30 heavy (non-hydrogen) atoms. The molecule has 1 fully saturated rings. The van der Waals surface area contributed by atoms with Crippen LogP contribution in [0.1, 0.15) is 67.7 Å². The third-order valence-corrected chi connectivity index (χ3v) is 5.42. The van der Waals surface area contributed by atoms with E-state index in [1.54, 1.807) is 24.3 Å². The Bertz CT molecular complexity index is 826. The maximum absolute atomic E-state index is 11.7. The Morgan fingerprint density at radius 1 is 1.07 bits per heavy atom. The van der Waals surface area contributed by atoms with Crippen molar-refractivity contribution < 1.29 is 23.9 Å². The molecule has 3 rings (SSSR count). The molecule has 0 bridgehead atoms. The van der Waals surface area contributed by atoms with E-state index in [4.69, 9.17) is 10.00 Å². The van der Waals surface area contributed by atoms with Crippen molar-refractivity contribution in [1.82, 2.24) is 4.90 Å². The van der Waals surface area contributed by atoms with Gasteiger partial charge in [-0.15, -0.1) is 0 Å². The van der Waals surface area contributed by atoms with Crippen LogP contribution in [-0.2, 0) is 14.3 Å². The number of imide groups is 1. The largest absolute Gasteiger partial charge is 0.461 e. The van der Waals surface area contributed by atoms with Crippen molar-refractivity contribution in [3.63, 3.8) is 0 Å². The normalized spacial score (nSPS) is 25.0. The van der Waals surface area contributed by atoms with Gasteiger partial charge in [0, 0.05) is 0 Å². The van der Waals surface area contributed by atoms with E-state index in [0.29, 0.717) is 28.9 Å². The fourth-order valence-electron chi connectivity index (χ4n) is 4.29. The summed E-state index contributed by atoms with van der Waals surface area (Å²) >= 11 is 0. The maximum Gasteiger partial charge on any atom is 0.320 e. The predicted molar refractivity (Wildman–Crippen MR) is 109 cm³/mol. The standard InChI is InChI=1S/C12H19NO2.C11H9NO3/c1-8-6-9(2)12(10(3)7-8)15-11(14)4-5-13;1-7(13)6-12-10(14)8-4-2-3-5-9(8)11(12)15/h8-10,12H,4,6-7H2,1-3H3;2-5H,6H2,1H3. The lowest BCUT2D eigenvalue weighted by molar-refractivity contribution is -0.156. The predicted octanol–water partition coefficient (Wildman–Crippen LogP) is 3.39. The molecule has 1 aromatic carbocycles. The second-order valence-corrected chi connectivity index (χ2v) is 8.26. The van der Waals surface area contributed by atoms with Crippen LogP contribution in [0, 0.1) is 29.1 Å². The molecule has 1 aliphatic carbocycles. The number of rotatable bonds is 4. The number of nitrogens with zero attached hydrogens (tertiary/aromatic N) is 2. The SMILES string of the molecule is CC(=O)CN1C(=O)c2ccccc2C1=O.CC1CC(C)C(OC(=O)CC#N)C(C)C1. The Morgan fingerprint density at radius 3 is 2.00 bits per heavy atom. The Hall–Kier alpha value is -3.01. The summed E-state index contributed by atoms with van der Waals surface area (Å²) in [5.74, 6) is 0.176. The van der Waals surface area contributed by atoms with Crippen LogP contribution in [-0.4, -0.2) is 41.1 Å².